The van der Waals surface area contributed by atoms with Crippen LogP contribution in [0.5, 0.6) is 0 Å². The van der Waals surface area contributed by atoms with Crippen LogP contribution in [0.25, 0.3) is 0 Å². The van der Waals surface area contributed by atoms with Crippen molar-refractivity contribution in [1.82, 2.24) is 0 Å². The summed E-state index contributed by atoms with van der Waals surface area (Å²) in [6.45, 7) is 0. The Morgan fingerprint density at radius 1 is 1.40 bits per heavy atom. The molecule has 0 aromatic heterocycles. The van der Waals surface area contributed by atoms with Crippen molar-refractivity contribution in [1.29, 1.82) is 0 Å². The molecule has 0 rings (SSSR count). The van der Waals surface area contributed by atoms with E-state index in [1.54, 1.807) is 0 Å². The van der Waals surface area contributed by atoms with Gasteiger partial charge in [0.25, 0.3) is 0 Å². The number of carboxylic acid groups (broad SMARTS) is 2. The van der Waals surface area contributed by atoms with Crippen LogP contribution in [0.2, 0.25) is 0 Å². The number of rotatable bonds is 0. The van der Waals surface area contributed by atoms with Gasteiger partial charge in [-0.3, -0.25) is 0 Å². The maximum Gasteiger partial charge on any atom is 2.00 e. The molecular weight excluding hydrogens is 111 g/mol. The van der Waals surface area contributed by atoms with Crippen molar-refractivity contribution in [3.05, 3.63) is 0 Å². The standard InChI is InChI=1S/CH2O3.V/c2-1(3)4;/h(H2,2,3,4);/q;+2/p-2. The van der Waals surface area contributed by atoms with Crippen molar-refractivity contribution in [2.45, 2.75) is 0 Å². The van der Waals surface area contributed by atoms with Gasteiger partial charge in [0.1, 0.15) is 0 Å². The van der Waals surface area contributed by atoms with Crippen LogP contribution in [0.1, 0.15) is 0 Å². The minimum absolute atomic E-state index is 0. The minimum Gasteiger partial charge on any atom is -0.652 e. The molecule has 0 aromatic rings. The summed E-state index contributed by atoms with van der Waals surface area (Å²) in [4.78, 5) is 8.33. The normalized spacial score (nSPS) is 4.80. The van der Waals surface area contributed by atoms with E-state index in [1.807, 2.05) is 0 Å². The molecule has 0 saturated heterocycles. The molecule has 0 atom stereocenters. The first-order valence-corrected chi connectivity index (χ1v) is 0.612. The van der Waals surface area contributed by atoms with Crippen molar-refractivity contribution < 1.29 is 33.6 Å². The summed E-state index contributed by atoms with van der Waals surface area (Å²) >= 11 is 0. The smallest absolute Gasteiger partial charge is 0.652 e. The minimum atomic E-state index is -2.33. The van der Waals surface area contributed by atoms with E-state index in [9.17, 15) is 0 Å². The third-order valence-electron chi connectivity index (χ3n) is 0. The molecule has 0 bridgehead atoms. The number of hydrogen-bond donors (Lipinski definition) is 0. The van der Waals surface area contributed by atoms with Crippen LogP contribution < -0.4 is 10.2 Å². The Balaban J connectivity index is 0. The topological polar surface area (TPSA) is 63.2 Å². The summed E-state index contributed by atoms with van der Waals surface area (Å²) in [5.41, 5.74) is 0. The Labute approximate surface area is 40.5 Å². The molecule has 0 aliphatic rings. The van der Waals surface area contributed by atoms with Gasteiger partial charge in [-0.25, -0.2) is 0 Å². The predicted octanol–water partition coefficient (Wildman–Crippen LogP) is -2.45. The molecular formula is CO3V. The molecule has 1 radical (unpaired) electrons. The van der Waals surface area contributed by atoms with E-state index >= 15 is 0 Å². The molecule has 4 heteroatoms. The average Bonchev–Trinajstić information content (AvgIpc) is 0.811. The Kier molecular flexibility index (Phi) is 6.82. The fourth-order valence-electron chi connectivity index (χ4n) is 0. The van der Waals surface area contributed by atoms with Gasteiger partial charge in [-0.1, -0.05) is 0 Å². The van der Waals surface area contributed by atoms with Crippen LogP contribution in [-0.2, 0) is 18.6 Å². The molecule has 0 saturated carbocycles. The van der Waals surface area contributed by atoms with Gasteiger partial charge < -0.3 is 15.0 Å². The van der Waals surface area contributed by atoms with E-state index in [0.717, 1.165) is 0 Å². The largest absolute Gasteiger partial charge is 2.00 e. The van der Waals surface area contributed by atoms with E-state index in [0.29, 0.717) is 0 Å². The second kappa shape index (κ2) is 3.85. The molecule has 0 amide bonds. The van der Waals surface area contributed by atoms with E-state index in [2.05, 4.69) is 0 Å². The second-order valence-electron chi connectivity index (χ2n) is 0.250. The van der Waals surface area contributed by atoms with Gasteiger partial charge in [-0.15, -0.1) is 0 Å². The number of carbonyl (C=O) groups excluding carboxylic acids is 1. The molecule has 0 aliphatic carbocycles. The van der Waals surface area contributed by atoms with Crippen molar-refractivity contribution in [3.63, 3.8) is 0 Å². The summed E-state index contributed by atoms with van der Waals surface area (Å²) in [5, 5.41) is 16.7. The van der Waals surface area contributed by atoms with E-state index in [1.165, 1.54) is 0 Å². The van der Waals surface area contributed by atoms with Crippen molar-refractivity contribution in [2.24, 2.45) is 0 Å². The molecule has 5 heavy (non-hydrogen) atoms. The molecule has 0 fully saturated rings. The van der Waals surface area contributed by atoms with Gasteiger partial charge >= 0.3 is 18.6 Å². The Hall–Kier alpha value is -0.146. The van der Waals surface area contributed by atoms with Crippen LogP contribution in [0.15, 0.2) is 0 Å². The summed E-state index contributed by atoms with van der Waals surface area (Å²) in [6, 6.07) is 0. The fraction of sp³-hybridized carbons (Fsp3) is 0. The molecule has 0 aliphatic heterocycles. The van der Waals surface area contributed by atoms with E-state index in [-0.39, 0.29) is 18.6 Å². The average molecular weight is 111 g/mol. The SMILES string of the molecule is O=C([O-])[O-].[V+2]. The third kappa shape index (κ3) is 625. The van der Waals surface area contributed by atoms with Crippen LogP contribution >= 0.6 is 0 Å². The molecule has 0 N–H and O–H groups in total. The summed E-state index contributed by atoms with van der Waals surface area (Å²) in [6.07, 6.45) is -2.33. The first-order valence-electron chi connectivity index (χ1n) is 0.612. The number of carbonyl (C=O) groups is 1. The van der Waals surface area contributed by atoms with Gasteiger partial charge in [0.2, 0.25) is 0 Å². The Morgan fingerprint density at radius 2 is 1.40 bits per heavy atom. The molecule has 0 spiro atoms. The van der Waals surface area contributed by atoms with Gasteiger partial charge in [0.15, 0.2) is 0 Å². The maximum atomic E-state index is 8.33. The molecule has 3 nitrogen and oxygen atoms in total. The van der Waals surface area contributed by atoms with Crippen LogP contribution in [0, 0.1) is 0 Å². The zero-order valence-corrected chi connectivity index (χ0v) is 3.57. The first kappa shape index (κ1) is 8.85. The van der Waals surface area contributed by atoms with Crippen molar-refractivity contribution in [2.75, 3.05) is 0 Å². The molecule has 27 valence electrons. The summed E-state index contributed by atoms with van der Waals surface area (Å²) in [7, 11) is 0. The monoisotopic (exact) mass is 111 g/mol. The van der Waals surface area contributed by atoms with E-state index in [4.69, 9.17) is 15.0 Å². The van der Waals surface area contributed by atoms with Crippen LogP contribution in [0.4, 0.5) is 4.79 Å². The Bertz CT molecular complexity index is 29.9. The van der Waals surface area contributed by atoms with E-state index < -0.39 is 6.16 Å². The van der Waals surface area contributed by atoms with Crippen molar-refractivity contribution >= 4 is 6.16 Å². The third-order valence-corrected chi connectivity index (χ3v) is 0. The van der Waals surface area contributed by atoms with Crippen LogP contribution in [-0.4, -0.2) is 6.16 Å². The Morgan fingerprint density at radius 3 is 1.40 bits per heavy atom. The summed E-state index contributed by atoms with van der Waals surface area (Å²) < 4.78 is 0. The second-order valence-corrected chi connectivity index (χ2v) is 0.250. The maximum absolute atomic E-state index is 8.33. The van der Waals surface area contributed by atoms with Crippen LogP contribution in [0.3, 0.4) is 0 Å². The fourth-order valence-corrected chi connectivity index (χ4v) is 0. The van der Waals surface area contributed by atoms with Crippen molar-refractivity contribution in [3.8, 4) is 0 Å². The van der Waals surface area contributed by atoms with Gasteiger partial charge in [-0.05, 0) is 6.16 Å². The molecule has 0 aromatic carbocycles. The zero-order valence-electron chi connectivity index (χ0n) is 2.17. The summed E-state index contributed by atoms with van der Waals surface area (Å²) in [5.74, 6) is 0. The van der Waals surface area contributed by atoms with Gasteiger partial charge in [0.05, 0.1) is 0 Å². The molecule has 0 unspecified atom stereocenters. The predicted molar refractivity (Wildman–Crippen MR) is 5.40 cm³/mol. The first-order chi connectivity index (χ1) is 1.73. The zero-order chi connectivity index (χ0) is 3.58. The van der Waals surface area contributed by atoms with Gasteiger partial charge in [-0.2, -0.15) is 0 Å². The molecule has 0 heterocycles. The van der Waals surface area contributed by atoms with Gasteiger partial charge in [0, 0.05) is 0 Å². The quantitative estimate of drug-likeness (QED) is 0.348. The number of hydrogen-bond acceptors (Lipinski definition) is 3.